The summed E-state index contributed by atoms with van der Waals surface area (Å²) in [5, 5.41) is 0. The first-order chi connectivity index (χ1) is 13.6. The number of Topliss-reactive ketones (excluding diaryl/α,β-unsaturated/α-hetero) is 1. The SMILES string of the molecule is Cn1c(=O)oc2cc(C(=O)CCCN3CCN(c4ncccn4)CC3)ccc21. The zero-order valence-electron chi connectivity index (χ0n) is 15.9. The number of hydrogen-bond donors (Lipinski definition) is 0. The maximum absolute atomic E-state index is 12.5. The van der Waals surface area contributed by atoms with Gasteiger partial charge in [0.05, 0.1) is 5.52 Å². The van der Waals surface area contributed by atoms with E-state index < -0.39 is 5.76 Å². The predicted molar refractivity (Wildman–Crippen MR) is 106 cm³/mol. The lowest BCUT2D eigenvalue weighted by atomic mass is 10.1. The number of aromatic nitrogens is 3. The molecular weight excluding hydrogens is 358 g/mol. The van der Waals surface area contributed by atoms with Gasteiger partial charge in [0.15, 0.2) is 11.4 Å². The van der Waals surface area contributed by atoms with E-state index in [0.29, 0.717) is 23.1 Å². The Labute approximate surface area is 162 Å². The number of piperazine rings is 1. The Bertz CT molecular complexity index is 1020. The Morgan fingerprint density at radius 3 is 2.64 bits per heavy atom. The van der Waals surface area contributed by atoms with Crippen LogP contribution in [0.5, 0.6) is 0 Å². The van der Waals surface area contributed by atoms with Crippen molar-refractivity contribution in [1.82, 2.24) is 19.4 Å². The number of fused-ring (bicyclic) bond motifs is 1. The van der Waals surface area contributed by atoms with Crippen LogP contribution in [-0.2, 0) is 7.05 Å². The molecule has 0 N–H and O–H groups in total. The summed E-state index contributed by atoms with van der Waals surface area (Å²) < 4.78 is 6.60. The summed E-state index contributed by atoms with van der Waals surface area (Å²) in [6, 6.07) is 7.01. The lowest BCUT2D eigenvalue weighted by Crippen LogP contribution is -2.47. The Morgan fingerprint density at radius 1 is 1.14 bits per heavy atom. The second kappa shape index (κ2) is 7.93. The van der Waals surface area contributed by atoms with Gasteiger partial charge in [-0.1, -0.05) is 0 Å². The number of aryl methyl sites for hydroxylation is 1. The Balaban J connectivity index is 1.26. The molecule has 8 heteroatoms. The van der Waals surface area contributed by atoms with Crippen LogP contribution in [0.2, 0.25) is 0 Å². The van der Waals surface area contributed by atoms with Crippen LogP contribution in [0.4, 0.5) is 5.95 Å². The van der Waals surface area contributed by atoms with Crippen molar-refractivity contribution >= 4 is 22.8 Å². The van der Waals surface area contributed by atoms with E-state index >= 15 is 0 Å². The van der Waals surface area contributed by atoms with Crippen LogP contribution < -0.4 is 10.7 Å². The fraction of sp³-hybridized carbons (Fsp3) is 0.400. The first-order valence-corrected chi connectivity index (χ1v) is 9.49. The van der Waals surface area contributed by atoms with E-state index in [9.17, 15) is 9.59 Å². The number of oxazole rings is 1. The number of rotatable bonds is 6. The van der Waals surface area contributed by atoms with Crippen molar-refractivity contribution in [3.63, 3.8) is 0 Å². The molecule has 28 heavy (non-hydrogen) atoms. The summed E-state index contributed by atoms with van der Waals surface area (Å²) in [7, 11) is 1.65. The lowest BCUT2D eigenvalue weighted by molar-refractivity contribution is 0.0974. The number of nitrogens with zero attached hydrogens (tertiary/aromatic N) is 5. The third-order valence-corrected chi connectivity index (χ3v) is 5.20. The minimum atomic E-state index is -0.417. The highest BCUT2D eigenvalue weighted by atomic mass is 16.4. The average molecular weight is 381 g/mol. The van der Waals surface area contributed by atoms with Crippen molar-refractivity contribution in [2.45, 2.75) is 12.8 Å². The van der Waals surface area contributed by atoms with Gasteiger partial charge in [-0.3, -0.25) is 14.3 Å². The van der Waals surface area contributed by atoms with Crippen LogP contribution in [0, 0.1) is 0 Å². The largest absolute Gasteiger partial charge is 0.419 e. The van der Waals surface area contributed by atoms with Gasteiger partial charge in [0.25, 0.3) is 0 Å². The first-order valence-electron chi connectivity index (χ1n) is 9.49. The third kappa shape index (κ3) is 3.82. The molecule has 0 radical (unpaired) electrons. The molecule has 3 aromatic rings. The smallest absolute Gasteiger partial charge is 0.408 e. The number of anilines is 1. The molecule has 2 aromatic heterocycles. The quantitative estimate of drug-likeness (QED) is 0.601. The normalized spacial score (nSPS) is 15.2. The maximum Gasteiger partial charge on any atom is 0.419 e. The van der Waals surface area contributed by atoms with Gasteiger partial charge in [-0.15, -0.1) is 0 Å². The van der Waals surface area contributed by atoms with Crippen LogP contribution in [0.1, 0.15) is 23.2 Å². The summed E-state index contributed by atoms with van der Waals surface area (Å²) in [5.41, 5.74) is 1.74. The Morgan fingerprint density at radius 2 is 1.89 bits per heavy atom. The van der Waals surface area contributed by atoms with Crippen molar-refractivity contribution in [2.75, 3.05) is 37.6 Å². The molecule has 0 unspecified atom stereocenters. The summed E-state index contributed by atoms with van der Waals surface area (Å²) in [6.07, 6.45) is 4.80. The monoisotopic (exact) mass is 381 g/mol. The van der Waals surface area contributed by atoms with Gasteiger partial charge in [0, 0.05) is 57.6 Å². The van der Waals surface area contributed by atoms with Crippen LogP contribution in [-0.4, -0.2) is 57.9 Å². The van der Waals surface area contributed by atoms with Gasteiger partial charge in [-0.25, -0.2) is 14.8 Å². The number of hydrogen-bond acceptors (Lipinski definition) is 7. The molecule has 1 fully saturated rings. The molecule has 4 rings (SSSR count). The predicted octanol–water partition coefficient (Wildman–Crippen LogP) is 1.71. The molecule has 0 amide bonds. The van der Waals surface area contributed by atoms with Crippen molar-refractivity contribution in [1.29, 1.82) is 0 Å². The topological polar surface area (TPSA) is 84.5 Å². The van der Waals surface area contributed by atoms with Crippen LogP contribution >= 0.6 is 0 Å². The van der Waals surface area contributed by atoms with Crippen molar-refractivity contribution < 1.29 is 9.21 Å². The van der Waals surface area contributed by atoms with E-state index in [1.807, 2.05) is 6.07 Å². The molecule has 1 aliphatic rings. The number of carbonyl (C=O) groups is 1. The summed E-state index contributed by atoms with van der Waals surface area (Å²) >= 11 is 0. The molecule has 3 heterocycles. The van der Waals surface area contributed by atoms with Crippen LogP contribution in [0.25, 0.3) is 11.1 Å². The average Bonchev–Trinajstić information content (AvgIpc) is 3.02. The fourth-order valence-electron chi connectivity index (χ4n) is 3.54. The van der Waals surface area contributed by atoms with Gasteiger partial charge in [0.1, 0.15) is 0 Å². The second-order valence-electron chi connectivity index (χ2n) is 7.01. The van der Waals surface area contributed by atoms with E-state index in [4.69, 9.17) is 4.42 Å². The summed E-state index contributed by atoms with van der Waals surface area (Å²) in [4.78, 5) is 37.2. The second-order valence-corrected chi connectivity index (χ2v) is 7.01. The lowest BCUT2D eigenvalue weighted by Gasteiger charge is -2.34. The summed E-state index contributed by atoms with van der Waals surface area (Å²) in [6.45, 7) is 4.54. The molecule has 1 aliphatic heterocycles. The molecule has 0 spiro atoms. The van der Waals surface area contributed by atoms with Gasteiger partial charge in [-0.05, 0) is 37.2 Å². The van der Waals surface area contributed by atoms with E-state index in [1.165, 1.54) is 4.57 Å². The van der Waals surface area contributed by atoms with E-state index in [-0.39, 0.29) is 5.78 Å². The number of ketones is 1. The number of carbonyl (C=O) groups excluding carboxylic acids is 1. The molecule has 0 aliphatic carbocycles. The third-order valence-electron chi connectivity index (χ3n) is 5.20. The van der Waals surface area contributed by atoms with Crippen LogP contribution in [0.3, 0.4) is 0 Å². The van der Waals surface area contributed by atoms with Crippen molar-refractivity contribution in [3.05, 3.63) is 52.8 Å². The summed E-state index contributed by atoms with van der Waals surface area (Å²) in [5.74, 6) is 0.435. The highest BCUT2D eigenvalue weighted by Gasteiger charge is 2.19. The molecule has 0 bridgehead atoms. The zero-order chi connectivity index (χ0) is 19.5. The molecular formula is C20H23N5O3. The van der Waals surface area contributed by atoms with E-state index in [2.05, 4.69) is 19.8 Å². The maximum atomic E-state index is 12.5. The standard InChI is InChI=1S/C20H23N5O3/c1-23-16-6-5-15(14-18(16)28-20(23)27)17(26)4-2-9-24-10-12-25(13-11-24)19-21-7-3-8-22-19/h3,5-8,14H,2,4,9-13H2,1H3. The minimum absolute atomic E-state index is 0.0738. The van der Waals surface area contributed by atoms with Gasteiger partial charge >= 0.3 is 5.76 Å². The highest BCUT2D eigenvalue weighted by molar-refractivity contribution is 5.98. The molecule has 1 aromatic carbocycles. The molecule has 146 valence electrons. The fourth-order valence-corrected chi connectivity index (χ4v) is 3.54. The minimum Gasteiger partial charge on any atom is -0.408 e. The molecule has 8 nitrogen and oxygen atoms in total. The molecule has 1 saturated heterocycles. The number of benzene rings is 1. The first kappa shape index (κ1) is 18.4. The Kier molecular flexibility index (Phi) is 5.21. The van der Waals surface area contributed by atoms with Crippen molar-refractivity contribution in [3.8, 4) is 0 Å². The highest BCUT2D eigenvalue weighted by Crippen LogP contribution is 2.16. The van der Waals surface area contributed by atoms with E-state index in [0.717, 1.165) is 45.1 Å². The Hall–Kier alpha value is -3.00. The van der Waals surface area contributed by atoms with E-state index in [1.54, 1.807) is 37.6 Å². The zero-order valence-corrected chi connectivity index (χ0v) is 15.9. The molecule has 0 saturated carbocycles. The van der Waals surface area contributed by atoms with Crippen molar-refractivity contribution in [2.24, 2.45) is 7.05 Å². The van der Waals surface area contributed by atoms with Gasteiger partial charge < -0.3 is 9.32 Å². The van der Waals surface area contributed by atoms with Gasteiger partial charge in [-0.2, -0.15) is 0 Å². The molecule has 0 atom stereocenters. The van der Waals surface area contributed by atoms with Crippen LogP contribution in [0.15, 0.2) is 45.9 Å². The van der Waals surface area contributed by atoms with Gasteiger partial charge in [0.2, 0.25) is 5.95 Å².